The minimum atomic E-state index is -1.58. The van der Waals surface area contributed by atoms with E-state index in [-0.39, 0.29) is 24.4 Å². The molecule has 0 unspecified atom stereocenters. The molecule has 3 atom stereocenters. The summed E-state index contributed by atoms with van der Waals surface area (Å²) < 4.78 is 11.9. The van der Waals surface area contributed by atoms with Crippen LogP contribution in [0, 0.1) is 11.3 Å². The molecule has 6 nitrogen and oxygen atoms in total. The Morgan fingerprint density at radius 3 is 2.24 bits per heavy atom. The van der Waals surface area contributed by atoms with Gasteiger partial charge in [-0.05, 0) is 45.2 Å². The molecule has 7 heteroatoms. The molecule has 1 fully saturated rings. The van der Waals surface area contributed by atoms with Gasteiger partial charge in [-0.15, -0.1) is 0 Å². The quantitative estimate of drug-likeness (QED) is 0.722. The highest BCUT2D eigenvalue weighted by Gasteiger charge is 2.56. The van der Waals surface area contributed by atoms with Crippen LogP contribution in [-0.4, -0.2) is 60.8 Å². The maximum absolute atomic E-state index is 12.9. The van der Waals surface area contributed by atoms with Crippen molar-refractivity contribution in [1.29, 1.82) is 0 Å². The Hall–Kier alpha value is -0.633. The van der Waals surface area contributed by atoms with E-state index in [1.807, 2.05) is 33.9 Å². The maximum atomic E-state index is 12.9. The number of amides is 1. The van der Waals surface area contributed by atoms with Crippen molar-refractivity contribution in [3.05, 3.63) is 0 Å². The van der Waals surface area contributed by atoms with Gasteiger partial charge in [-0.3, -0.25) is 4.90 Å². The maximum Gasteiger partial charge on any atom is 0.412 e. The van der Waals surface area contributed by atoms with E-state index < -0.39 is 32.6 Å². The molecule has 1 saturated heterocycles. The first-order chi connectivity index (χ1) is 11.2. The lowest BCUT2D eigenvalue weighted by Gasteiger charge is -2.43. The van der Waals surface area contributed by atoms with Crippen LogP contribution in [0.1, 0.15) is 54.4 Å². The third-order valence-electron chi connectivity index (χ3n) is 4.60. The average Bonchev–Trinajstić information content (AvgIpc) is 2.77. The molecule has 0 saturated carbocycles. The number of hydrogen-bond acceptors (Lipinski definition) is 5. The van der Waals surface area contributed by atoms with Gasteiger partial charge in [-0.1, -0.05) is 20.8 Å². The number of carbonyl (C=O) groups excluding carboxylic acids is 1. The number of likely N-dealkylation sites (tertiary alicyclic amines) is 1. The standard InChI is InChI=1S/C18H37NO5Si/c1-16(2,3)13-11-18(24-25(7)8,14(21)9-10-20)19(12-13)15(22)23-17(4,5)6/h13-14,20-21,25H,9-12H2,1-8H3/t13-,14-,18-/m0/s1. The average molecular weight is 376 g/mol. The van der Waals surface area contributed by atoms with E-state index in [0.717, 1.165) is 0 Å². The Morgan fingerprint density at radius 1 is 1.28 bits per heavy atom. The molecule has 1 amide bonds. The molecule has 1 heterocycles. The first-order valence-corrected chi connectivity index (χ1v) is 12.0. The summed E-state index contributed by atoms with van der Waals surface area (Å²) in [4.78, 5) is 14.5. The van der Waals surface area contributed by atoms with Crippen LogP contribution >= 0.6 is 0 Å². The van der Waals surface area contributed by atoms with Crippen LogP contribution in [0.5, 0.6) is 0 Å². The minimum Gasteiger partial charge on any atom is -0.444 e. The van der Waals surface area contributed by atoms with Gasteiger partial charge in [0.2, 0.25) is 0 Å². The third kappa shape index (κ3) is 5.67. The van der Waals surface area contributed by atoms with Crippen molar-refractivity contribution < 1.29 is 24.2 Å². The molecule has 148 valence electrons. The fraction of sp³-hybridized carbons (Fsp3) is 0.944. The Labute approximate surface area is 154 Å². The van der Waals surface area contributed by atoms with Gasteiger partial charge in [0.15, 0.2) is 14.8 Å². The number of ether oxygens (including phenoxy) is 1. The Bertz CT molecular complexity index is 457. The predicted octanol–water partition coefficient (Wildman–Crippen LogP) is 2.73. The summed E-state index contributed by atoms with van der Waals surface area (Å²) in [6.45, 7) is 16.2. The molecule has 2 N–H and O–H groups in total. The van der Waals surface area contributed by atoms with E-state index in [1.165, 1.54) is 0 Å². The molecule has 1 aliphatic rings. The summed E-state index contributed by atoms with van der Waals surface area (Å²) in [6.07, 6.45) is -0.711. The Morgan fingerprint density at radius 2 is 1.84 bits per heavy atom. The molecule has 0 aromatic carbocycles. The molecule has 0 radical (unpaired) electrons. The second-order valence-corrected chi connectivity index (χ2v) is 11.7. The number of carbonyl (C=O) groups is 1. The number of nitrogens with zero attached hydrogens (tertiary/aromatic N) is 1. The summed E-state index contributed by atoms with van der Waals surface area (Å²) in [5, 5.41) is 20.2. The summed E-state index contributed by atoms with van der Waals surface area (Å²) in [5.41, 5.74) is -1.79. The lowest BCUT2D eigenvalue weighted by molar-refractivity contribution is -0.143. The fourth-order valence-corrected chi connectivity index (χ4v) is 4.49. The van der Waals surface area contributed by atoms with Gasteiger partial charge in [-0.2, -0.15) is 0 Å². The van der Waals surface area contributed by atoms with Crippen molar-refractivity contribution in [2.75, 3.05) is 13.2 Å². The molecule has 1 aliphatic heterocycles. The van der Waals surface area contributed by atoms with Gasteiger partial charge in [-0.25, -0.2) is 4.79 Å². The molecule has 1 rings (SSSR count). The van der Waals surface area contributed by atoms with Crippen LogP contribution in [0.3, 0.4) is 0 Å². The first-order valence-electron chi connectivity index (χ1n) is 9.20. The van der Waals surface area contributed by atoms with Crippen LogP contribution in [0.4, 0.5) is 4.79 Å². The topological polar surface area (TPSA) is 79.2 Å². The Balaban J connectivity index is 3.30. The molecular weight excluding hydrogens is 338 g/mol. The van der Waals surface area contributed by atoms with Gasteiger partial charge >= 0.3 is 6.09 Å². The summed E-state index contributed by atoms with van der Waals surface area (Å²) in [5.74, 6) is 0.168. The van der Waals surface area contributed by atoms with Crippen molar-refractivity contribution in [3.8, 4) is 0 Å². The van der Waals surface area contributed by atoms with Gasteiger partial charge in [0.25, 0.3) is 0 Å². The fourth-order valence-electron chi connectivity index (χ4n) is 3.29. The molecular formula is C18H37NO5Si. The van der Waals surface area contributed by atoms with Crippen LogP contribution in [0.25, 0.3) is 0 Å². The molecule has 0 aliphatic carbocycles. The van der Waals surface area contributed by atoms with Crippen LogP contribution in [0.15, 0.2) is 0 Å². The van der Waals surface area contributed by atoms with Crippen molar-refractivity contribution in [3.63, 3.8) is 0 Å². The normalized spacial score (nSPS) is 26.2. The van der Waals surface area contributed by atoms with Crippen molar-refractivity contribution in [2.24, 2.45) is 11.3 Å². The van der Waals surface area contributed by atoms with E-state index in [1.54, 1.807) is 4.90 Å². The zero-order valence-corrected chi connectivity index (χ0v) is 18.3. The second kappa shape index (κ2) is 7.94. The van der Waals surface area contributed by atoms with Gasteiger partial charge in [0, 0.05) is 26.0 Å². The van der Waals surface area contributed by atoms with Gasteiger partial charge in [0.1, 0.15) is 11.7 Å². The molecule has 25 heavy (non-hydrogen) atoms. The van der Waals surface area contributed by atoms with Gasteiger partial charge < -0.3 is 19.4 Å². The number of aliphatic hydroxyl groups excluding tert-OH is 2. The summed E-state index contributed by atoms with van der Waals surface area (Å²) in [7, 11) is -1.58. The summed E-state index contributed by atoms with van der Waals surface area (Å²) in [6, 6.07) is 0. The largest absolute Gasteiger partial charge is 0.444 e. The highest BCUT2D eigenvalue weighted by Crippen LogP contribution is 2.46. The highest BCUT2D eigenvalue weighted by atomic mass is 28.3. The zero-order valence-electron chi connectivity index (χ0n) is 17.1. The van der Waals surface area contributed by atoms with Crippen molar-refractivity contribution in [2.45, 2.75) is 84.9 Å². The van der Waals surface area contributed by atoms with Gasteiger partial charge in [0.05, 0.1) is 0 Å². The smallest absolute Gasteiger partial charge is 0.412 e. The minimum absolute atomic E-state index is 0.0388. The highest BCUT2D eigenvalue weighted by molar-refractivity contribution is 6.48. The number of hydrogen-bond donors (Lipinski definition) is 2. The van der Waals surface area contributed by atoms with Crippen LogP contribution in [0.2, 0.25) is 13.1 Å². The lowest BCUT2D eigenvalue weighted by atomic mass is 9.78. The van der Waals surface area contributed by atoms with Crippen molar-refractivity contribution in [1.82, 2.24) is 4.90 Å². The van der Waals surface area contributed by atoms with E-state index in [2.05, 4.69) is 20.8 Å². The molecule has 0 aromatic rings. The lowest BCUT2D eigenvalue weighted by Crippen LogP contribution is -2.59. The summed E-state index contributed by atoms with van der Waals surface area (Å²) >= 11 is 0. The monoisotopic (exact) mass is 375 g/mol. The van der Waals surface area contributed by atoms with E-state index in [4.69, 9.17) is 9.16 Å². The third-order valence-corrected chi connectivity index (χ3v) is 5.48. The predicted molar refractivity (Wildman–Crippen MR) is 101 cm³/mol. The van der Waals surface area contributed by atoms with Crippen molar-refractivity contribution >= 4 is 15.1 Å². The zero-order chi connectivity index (χ0) is 19.6. The second-order valence-electron chi connectivity index (χ2n) is 9.40. The van der Waals surface area contributed by atoms with E-state index in [9.17, 15) is 15.0 Å². The molecule has 0 bridgehead atoms. The molecule has 0 spiro atoms. The van der Waals surface area contributed by atoms with E-state index in [0.29, 0.717) is 13.0 Å². The number of aliphatic hydroxyl groups is 2. The Kier molecular flexibility index (Phi) is 7.12. The first kappa shape index (κ1) is 22.4. The van der Waals surface area contributed by atoms with Crippen LogP contribution in [-0.2, 0) is 9.16 Å². The van der Waals surface area contributed by atoms with E-state index >= 15 is 0 Å². The number of rotatable bonds is 5. The van der Waals surface area contributed by atoms with Crippen LogP contribution < -0.4 is 0 Å². The SMILES string of the molecule is C[SiH](C)O[C@]1([C@@H](O)CCO)C[C@H](C(C)(C)C)CN1C(=O)OC(C)(C)C. The molecule has 0 aromatic heterocycles.